The number of nitrogens with zero attached hydrogens (tertiary/aromatic N) is 1. The summed E-state index contributed by atoms with van der Waals surface area (Å²) in [5.41, 5.74) is -1.77. The number of anilines is 1. The van der Waals surface area contributed by atoms with Crippen molar-refractivity contribution in [2.45, 2.75) is 38.8 Å². The quantitative estimate of drug-likeness (QED) is 0.857. The predicted molar refractivity (Wildman–Crippen MR) is 69.4 cm³/mol. The number of hydrogen-bond acceptors (Lipinski definition) is 4. The van der Waals surface area contributed by atoms with E-state index in [0.717, 1.165) is 6.04 Å². The fraction of sp³-hybridized carbons (Fsp3) is 0.636. The zero-order chi connectivity index (χ0) is 15.6. The molecule has 20 heavy (non-hydrogen) atoms. The molecule has 1 amide bonds. The van der Waals surface area contributed by atoms with Gasteiger partial charge in [0, 0.05) is 8.07 Å². The van der Waals surface area contributed by atoms with E-state index in [2.05, 4.69) is 29.3 Å². The Morgan fingerprint density at radius 2 is 2.00 bits per heavy atom. The lowest BCUT2D eigenvalue weighted by Crippen LogP contribution is -2.24. The average Bonchev–Trinajstić information content (AvgIpc) is 2.58. The number of aromatic nitrogens is 1. The maximum atomic E-state index is 12.6. The molecule has 0 saturated heterocycles. The minimum atomic E-state index is -4.70. The first-order chi connectivity index (χ1) is 9.00. The van der Waals surface area contributed by atoms with Gasteiger partial charge in [-0.15, -0.1) is 0 Å². The van der Waals surface area contributed by atoms with Crippen molar-refractivity contribution < 1.29 is 27.2 Å². The summed E-state index contributed by atoms with van der Waals surface area (Å²) in [6.45, 7) is 7.74. The van der Waals surface area contributed by atoms with Gasteiger partial charge in [0.15, 0.2) is 5.76 Å². The molecular formula is C11H17F3N2O3Si. The number of rotatable bonds is 4. The van der Waals surface area contributed by atoms with Crippen LogP contribution in [0.5, 0.6) is 0 Å². The topological polar surface area (TPSA) is 64.4 Å². The summed E-state index contributed by atoms with van der Waals surface area (Å²) in [5, 5.41) is 4.93. The molecule has 0 fully saturated rings. The van der Waals surface area contributed by atoms with Gasteiger partial charge in [-0.1, -0.05) is 24.8 Å². The third kappa shape index (κ3) is 4.87. The zero-order valence-corrected chi connectivity index (χ0v) is 12.7. The lowest BCUT2D eigenvalue weighted by atomic mass is 10.3. The molecule has 1 N–H and O–H groups in total. The molecule has 0 bridgehead atoms. The fourth-order valence-electron chi connectivity index (χ4n) is 1.30. The molecule has 1 aromatic rings. The van der Waals surface area contributed by atoms with Crippen molar-refractivity contribution in [2.75, 3.05) is 11.9 Å². The number of aryl methyl sites for hydroxylation is 1. The van der Waals surface area contributed by atoms with Gasteiger partial charge in [0.25, 0.3) is 0 Å². The number of ether oxygens (including phenoxy) is 1. The van der Waals surface area contributed by atoms with E-state index in [1.165, 1.54) is 6.92 Å². The third-order valence-electron chi connectivity index (χ3n) is 2.44. The van der Waals surface area contributed by atoms with Gasteiger partial charge in [-0.05, 0) is 13.0 Å². The molecule has 9 heteroatoms. The molecule has 114 valence electrons. The van der Waals surface area contributed by atoms with Gasteiger partial charge in [-0.25, -0.2) is 4.79 Å². The Balaban J connectivity index is 2.65. The van der Waals surface area contributed by atoms with E-state index in [1.807, 2.05) is 5.32 Å². The number of carbonyl (C=O) groups is 1. The van der Waals surface area contributed by atoms with Crippen molar-refractivity contribution in [3.63, 3.8) is 0 Å². The Kier molecular flexibility index (Phi) is 4.84. The smallest absolute Gasteiger partial charge is 0.438 e. The number of alkyl halides is 3. The summed E-state index contributed by atoms with van der Waals surface area (Å²) in [4.78, 5) is 11.5. The van der Waals surface area contributed by atoms with E-state index < -0.39 is 31.7 Å². The van der Waals surface area contributed by atoms with Gasteiger partial charge in [-0.3, -0.25) is 5.32 Å². The van der Waals surface area contributed by atoms with E-state index in [-0.39, 0.29) is 12.4 Å². The molecule has 0 atom stereocenters. The van der Waals surface area contributed by atoms with Gasteiger partial charge >= 0.3 is 12.3 Å². The Morgan fingerprint density at radius 1 is 1.40 bits per heavy atom. The summed E-state index contributed by atoms with van der Waals surface area (Å²) in [6.07, 6.45) is -5.64. The Labute approximate surface area is 115 Å². The highest BCUT2D eigenvalue weighted by Crippen LogP contribution is 2.35. The molecule has 0 aliphatic heterocycles. The maximum Gasteiger partial charge on any atom is 0.438 e. The van der Waals surface area contributed by atoms with Crippen molar-refractivity contribution in [3.05, 3.63) is 11.5 Å². The second-order valence-electron chi connectivity index (χ2n) is 5.53. The molecule has 0 unspecified atom stereocenters. The molecule has 1 rings (SSSR count). The van der Waals surface area contributed by atoms with E-state index in [4.69, 9.17) is 4.74 Å². The minimum Gasteiger partial charge on any atom is -0.450 e. The van der Waals surface area contributed by atoms with Crippen LogP contribution < -0.4 is 5.32 Å². The lowest BCUT2D eigenvalue weighted by molar-refractivity contribution is -0.142. The van der Waals surface area contributed by atoms with Gasteiger partial charge < -0.3 is 9.26 Å². The zero-order valence-electron chi connectivity index (χ0n) is 11.7. The molecular weight excluding hydrogens is 293 g/mol. The molecule has 0 radical (unpaired) electrons. The first-order valence-corrected chi connectivity index (χ1v) is 9.68. The summed E-state index contributed by atoms with van der Waals surface area (Å²) in [6, 6.07) is 0.731. The van der Waals surface area contributed by atoms with Gasteiger partial charge in [-0.2, -0.15) is 13.2 Å². The summed E-state index contributed by atoms with van der Waals surface area (Å²) < 4.78 is 47.1. The molecule has 0 spiro atoms. The predicted octanol–water partition coefficient (Wildman–Crippen LogP) is 3.89. The van der Waals surface area contributed by atoms with E-state index in [1.54, 1.807) is 0 Å². The van der Waals surface area contributed by atoms with Crippen molar-refractivity contribution in [3.8, 4) is 0 Å². The number of halogens is 3. The lowest BCUT2D eigenvalue weighted by Gasteiger charge is -2.15. The standard InChI is InChI=1S/C11H17F3N2O3Si/c1-7-8(9(16-19-7)11(12,13)14)15-10(17)18-5-6-20(2,3)4/h5-6H2,1-4H3,(H,15,17). The van der Waals surface area contributed by atoms with Crippen LogP contribution in [0.4, 0.5) is 23.7 Å². The maximum absolute atomic E-state index is 12.6. The number of hydrogen-bond donors (Lipinski definition) is 1. The second-order valence-corrected chi connectivity index (χ2v) is 11.2. The van der Waals surface area contributed by atoms with Gasteiger partial charge in [0.1, 0.15) is 5.69 Å². The van der Waals surface area contributed by atoms with Gasteiger partial charge in [0.2, 0.25) is 5.69 Å². The molecule has 1 heterocycles. The summed E-state index contributed by atoms with van der Waals surface area (Å²) >= 11 is 0. The SMILES string of the molecule is Cc1onc(C(F)(F)F)c1NC(=O)OCC[Si](C)(C)C. The fourth-order valence-corrected chi connectivity index (χ4v) is 2.02. The van der Waals surface area contributed by atoms with E-state index in [9.17, 15) is 18.0 Å². The van der Waals surface area contributed by atoms with Crippen LogP contribution >= 0.6 is 0 Å². The average molecular weight is 310 g/mol. The van der Waals surface area contributed by atoms with Gasteiger partial charge in [0.05, 0.1) is 6.61 Å². The molecule has 5 nitrogen and oxygen atoms in total. The largest absolute Gasteiger partial charge is 0.450 e. The highest BCUT2D eigenvalue weighted by Gasteiger charge is 2.39. The van der Waals surface area contributed by atoms with Crippen molar-refractivity contribution in [1.29, 1.82) is 0 Å². The monoisotopic (exact) mass is 310 g/mol. The normalized spacial score (nSPS) is 12.3. The van der Waals surface area contributed by atoms with Crippen LogP contribution in [0.3, 0.4) is 0 Å². The molecule has 0 aliphatic carbocycles. The summed E-state index contributed by atoms with van der Waals surface area (Å²) in [5.74, 6) is -0.125. The van der Waals surface area contributed by atoms with Crippen LogP contribution in [0.25, 0.3) is 0 Å². The molecule has 0 aromatic carbocycles. The first kappa shape index (κ1) is 16.5. The van der Waals surface area contributed by atoms with Crippen LogP contribution in [0.15, 0.2) is 4.52 Å². The van der Waals surface area contributed by atoms with Crippen LogP contribution in [0.1, 0.15) is 11.5 Å². The first-order valence-electron chi connectivity index (χ1n) is 5.98. The Bertz CT molecular complexity index is 480. The van der Waals surface area contributed by atoms with Crippen molar-refractivity contribution in [2.24, 2.45) is 0 Å². The van der Waals surface area contributed by atoms with Crippen molar-refractivity contribution >= 4 is 19.9 Å². The number of amides is 1. The Morgan fingerprint density at radius 3 is 2.50 bits per heavy atom. The van der Waals surface area contributed by atoms with E-state index >= 15 is 0 Å². The summed E-state index contributed by atoms with van der Waals surface area (Å²) in [7, 11) is -1.37. The van der Waals surface area contributed by atoms with Crippen molar-refractivity contribution in [1.82, 2.24) is 5.16 Å². The molecule has 0 saturated carbocycles. The highest BCUT2D eigenvalue weighted by atomic mass is 28.3. The highest BCUT2D eigenvalue weighted by molar-refractivity contribution is 6.76. The van der Waals surface area contributed by atoms with Crippen LogP contribution in [0.2, 0.25) is 25.7 Å². The third-order valence-corrected chi connectivity index (χ3v) is 4.15. The second kappa shape index (κ2) is 5.86. The Hall–Kier alpha value is -1.51. The van der Waals surface area contributed by atoms with Crippen LogP contribution in [-0.2, 0) is 10.9 Å². The van der Waals surface area contributed by atoms with E-state index in [0.29, 0.717) is 0 Å². The van der Waals surface area contributed by atoms with Crippen LogP contribution in [0, 0.1) is 6.92 Å². The number of nitrogens with one attached hydrogen (secondary N) is 1. The molecule has 1 aromatic heterocycles. The van der Waals surface area contributed by atoms with Crippen LogP contribution in [-0.4, -0.2) is 25.9 Å². The number of carbonyl (C=O) groups excluding carboxylic acids is 1. The minimum absolute atomic E-state index is 0.125. The molecule has 0 aliphatic rings.